The van der Waals surface area contributed by atoms with Gasteiger partial charge in [-0.1, -0.05) is 6.92 Å². The molecule has 74 valence electrons. The number of nitrogens with one attached hydrogen (secondary N) is 1. The summed E-state index contributed by atoms with van der Waals surface area (Å²) in [4.78, 5) is 25.7. The Bertz CT molecular complexity index is 366. The van der Waals surface area contributed by atoms with Gasteiger partial charge in [0.2, 0.25) is 5.91 Å². The molecule has 0 fully saturated rings. The molecule has 0 spiro atoms. The Kier molecular flexibility index (Phi) is 3.76. The van der Waals surface area contributed by atoms with Crippen molar-refractivity contribution >= 4 is 33.8 Å². The van der Waals surface area contributed by atoms with E-state index >= 15 is 0 Å². The van der Waals surface area contributed by atoms with Crippen LogP contribution in [-0.2, 0) is 4.79 Å². The van der Waals surface area contributed by atoms with E-state index in [2.05, 4.69) is 26.2 Å². The van der Waals surface area contributed by atoms with Gasteiger partial charge in [0.05, 0.1) is 17.4 Å². The number of nitrogens with zero attached hydrogens (tertiary/aromatic N) is 1. The molecule has 4 nitrogen and oxygen atoms in total. The SMILES string of the molecule is CCC(=O)Nc1cncc(Br)c1C=O. The van der Waals surface area contributed by atoms with Gasteiger partial charge < -0.3 is 5.32 Å². The van der Waals surface area contributed by atoms with Crippen LogP contribution in [-0.4, -0.2) is 17.2 Å². The number of amides is 1. The van der Waals surface area contributed by atoms with Crippen LogP contribution in [0.15, 0.2) is 16.9 Å². The second-order valence-corrected chi connectivity index (χ2v) is 3.46. The number of carbonyl (C=O) groups is 2. The van der Waals surface area contributed by atoms with Gasteiger partial charge >= 0.3 is 0 Å². The molecule has 1 N–H and O–H groups in total. The van der Waals surface area contributed by atoms with Crippen LogP contribution in [0.3, 0.4) is 0 Å². The van der Waals surface area contributed by atoms with E-state index in [1.54, 1.807) is 6.92 Å². The predicted molar refractivity (Wildman–Crippen MR) is 56.2 cm³/mol. The number of carbonyl (C=O) groups excluding carboxylic acids is 2. The van der Waals surface area contributed by atoms with Crippen molar-refractivity contribution in [3.63, 3.8) is 0 Å². The standard InChI is InChI=1S/C9H9BrN2O2/c1-2-9(14)12-8-4-11-3-7(10)6(8)5-13/h3-5H,2H2,1H3,(H,12,14). The summed E-state index contributed by atoms with van der Waals surface area (Å²) in [5, 5.41) is 2.59. The summed E-state index contributed by atoms with van der Waals surface area (Å²) in [5.41, 5.74) is 0.836. The molecule has 1 amide bonds. The summed E-state index contributed by atoms with van der Waals surface area (Å²) in [6, 6.07) is 0. The minimum Gasteiger partial charge on any atom is -0.324 e. The normalized spacial score (nSPS) is 9.57. The maximum atomic E-state index is 11.1. The van der Waals surface area contributed by atoms with Crippen LogP contribution in [0, 0.1) is 0 Å². The third-order valence-electron chi connectivity index (χ3n) is 1.65. The van der Waals surface area contributed by atoms with Crippen molar-refractivity contribution < 1.29 is 9.59 Å². The first-order valence-electron chi connectivity index (χ1n) is 4.07. The second kappa shape index (κ2) is 4.85. The number of halogens is 1. The highest BCUT2D eigenvalue weighted by Gasteiger charge is 2.08. The van der Waals surface area contributed by atoms with E-state index in [0.29, 0.717) is 28.4 Å². The number of pyridine rings is 1. The fraction of sp³-hybridized carbons (Fsp3) is 0.222. The number of hydrogen-bond acceptors (Lipinski definition) is 3. The smallest absolute Gasteiger partial charge is 0.224 e. The van der Waals surface area contributed by atoms with E-state index < -0.39 is 0 Å². The largest absolute Gasteiger partial charge is 0.324 e. The van der Waals surface area contributed by atoms with Crippen molar-refractivity contribution in [3.05, 3.63) is 22.4 Å². The fourth-order valence-electron chi connectivity index (χ4n) is 0.903. The Morgan fingerprint density at radius 3 is 2.93 bits per heavy atom. The van der Waals surface area contributed by atoms with Crippen LogP contribution in [0.1, 0.15) is 23.7 Å². The molecule has 0 saturated carbocycles. The van der Waals surface area contributed by atoms with Crippen molar-refractivity contribution in [3.8, 4) is 0 Å². The Balaban J connectivity index is 3.02. The third kappa shape index (κ3) is 2.38. The first-order valence-corrected chi connectivity index (χ1v) is 4.86. The highest BCUT2D eigenvalue weighted by atomic mass is 79.9. The predicted octanol–water partition coefficient (Wildman–Crippen LogP) is 2.01. The summed E-state index contributed by atoms with van der Waals surface area (Å²) in [6.45, 7) is 1.74. The first kappa shape index (κ1) is 10.8. The maximum Gasteiger partial charge on any atom is 0.224 e. The molecule has 1 aromatic heterocycles. The average Bonchev–Trinajstić information content (AvgIpc) is 2.18. The number of rotatable bonds is 3. The van der Waals surface area contributed by atoms with Crippen molar-refractivity contribution in [1.82, 2.24) is 4.98 Å². The lowest BCUT2D eigenvalue weighted by molar-refractivity contribution is -0.115. The van der Waals surface area contributed by atoms with E-state index in [9.17, 15) is 9.59 Å². The Morgan fingerprint density at radius 1 is 1.64 bits per heavy atom. The van der Waals surface area contributed by atoms with Crippen LogP contribution in [0.5, 0.6) is 0 Å². The van der Waals surface area contributed by atoms with E-state index in [4.69, 9.17) is 0 Å². The third-order valence-corrected chi connectivity index (χ3v) is 2.28. The minimum atomic E-state index is -0.145. The zero-order valence-electron chi connectivity index (χ0n) is 7.58. The van der Waals surface area contributed by atoms with Gasteiger partial charge in [-0.25, -0.2) is 0 Å². The van der Waals surface area contributed by atoms with Crippen LogP contribution < -0.4 is 5.32 Å². The van der Waals surface area contributed by atoms with Gasteiger partial charge in [-0.15, -0.1) is 0 Å². The molecule has 1 rings (SSSR count). The highest BCUT2D eigenvalue weighted by Crippen LogP contribution is 2.21. The van der Waals surface area contributed by atoms with Crippen LogP contribution in [0.25, 0.3) is 0 Å². The lowest BCUT2D eigenvalue weighted by Gasteiger charge is -2.06. The molecular formula is C9H9BrN2O2. The molecule has 0 unspecified atom stereocenters. The second-order valence-electron chi connectivity index (χ2n) is 2.60. The molecule has 0 aliphatic carbocycles. The molecule has 1 aromatic rings. The van der Waals surface area contributed by atoms with Crippen LogP contribution in [0.4, 0.5) is 5.69 Å². The van der Waals surface area contributed by atoms with E-state index in [1.807, 2.05) is 0 Å². The first-order chi connectivity index (χ1) is 6.69. The number of anilines is 1. The molecule has 0 aliphatic heterocycles. The number of aldehydes is 1. The lowest BCUT2D eigenvalue weighted by atomic mass is 10.2. The Labute approximate surface area is 89.9 Å². The molecule has 5 heteroatoms. The zero-order valence-corrected chi connectivity index (χ0v) is 9.17. The molecule has 14 heavy (non-hydrogen) atoms. The zero-order chi connectivity index (χ0) is 10.6. The van der Waals surface area contributed by atoms with Gasteiger partial charge in [-0.2, -0.15) is 0 Å². The summed E-state index contributed by atoms with van der Waals surface area (Å²) in [6.07, 6.45) is 4.00. The lowest BCUT2D eigenvalue weighted by Crippen LogP contribution is -2.11. The average molecular weight is 257 g/mol. The molecule has 1 heterocycles. The Morgan fingerprint density at radius 2 is 2.36 bits per heavy atom. The molecule has 0 bridgehead atoms. The number of aromatic nitrogens is 1. The summed E-state index contributed by atoms with van der Waals surface area (Å²) < 4.78 is 0.571. The van der Waals surface area contributed by atoms with Gasteiger partial charge in [-0.05, 0) is 15.9 Å². The van der Waals surface area contributed by atoms with E-state index in [-0.39, 0.29) is 5.91 Å². The molecule has 0 aromatic carbocycles. The minimum absolute atomic E-state index is 0.145. The topological polar surface area (TPSA) is 59.1 Å². The van der Waals surface area contributed by atoms with Crippen molar-refractivity contribution in [2.75, 3.05) is 5.32 Å². The molecule has 0 saturated heterocycles. The molecule has 0 atom stereocenters. The summed E-state index contributed by atoms with van der Waals surface area (Å²) >= 11 is 3.17. The van der Waals surface area contributed by atoms with Gasteiger partial charge in [0.25, 0.3) is 0 Å². The van der Waals surface area contributed by atoms with Gasteiger partial charge in [0.15, 0.2) is 6.29 Å². The Hall–Kier alpha value is -1.23. The van der Waals surface area contributed by atoms with Crippen molar-refractivity contribution in [2.45, 2.75) is 13.3 Å². The van der Waals surface area contributed by atoms with Crippen molar-refractivity contribution in [1.29, 1.82) is 0 Å². The van der Waals surface area contributed by atoms with Gasteiger partial charge in [-0.3, -0.25) is 14.6 Å². The van der Waals surface area contributed by atoms with Crippen molar-refractivity contribution in [2.24, 2.45) is 0 Å². The van der Waals surface area contributed by atoms with Gasteiger partial charge in [0, 0.05) is 17.1 Å². The molecular weight excluding hydrogens is 248 g/mol. The van der Waals surface area contributed by atoms with Crippen LogP contribution in [0.2, 0.25) is 0 Å². The van der Waals surface area contributed by atoms with Crippen LogP contribution >= 0.6 is 15.9 Å². The maximum absolute atomic E-state index is 11.1. The fourth-order valence-corrected chi connectivity index (χ4v) is 1.33. The molecule has 0 aliphatic rings. The summed E-state index contributed by atoms with van der Waals surface area (Å²) in [5.74, 6) is -0.145. The van der Waals surface area contributed by atoms with E-state index in [1.165, 1.54) is 12.4 Å². The number of hydrogen-bond donors (Lipinski definition) is 1. The van der Waals surface area contributed by atoms with Gasteiger partial charge in [0.1, 0.15) is 0 Å². The van der Waals surface area contributed by atoms with E-state index in [0.717, 1.165) is 0 Å². The highest BCUT2D eigenvalue weighted by molar-refractivity contribution is 9.10. The quantitative estimate of drug-likeness (QED) is 0.842. The summed E-state index contributed by atoms with van der Waals surface area (Å²) in [7, 11) is 0. The molecule has 0 radical (unpaired) electrons. The monoisotopic (exact) mass is 256 g/mol.